The zero-order valence-electron chi connectivity index (χ0n) is 10.5. The third kappa shape index (κ3) is 3.03. The van der Waals surface area contributed by atoms with Crippen LogP contribution < -0.4 is 10.6 Å². The maximum Gasteiger partial charge on any atom is 0.151 e. The zero-order valence-corrected chi connectivity index (χ0v) is 10.5. The van der Waals surface area contributed by atoms with Crippen molar-refractivity contribution in [2.45, 2.75) is 0 Å². The average molecular weight is 264 g/mol. The second-order valence-electron chi connectivity index (χ2n) is 4.11. The summed E-state index contributed by atoms with van der Waals surface area (Å²) in [4.78, 5) is 1.85. The minimum atomic E-state index is -0.655. The molecule has 0 radical (unpaired) electrons. The first kappa shape index (κ1) is 13.4. The van der Waals surface area contributed by atoms with Gasteiger partial charge in [-0.2, -0.15) is 0 Å². The van der Waals surface area contributed by atoms with Gasteiger partial charge < -0.3 is 10.6 Å². The number of nitrogens with zero attached hydrogens (tertiary/aromatic N) is 3. The highest BCUT2D eigenvalue weighted by Gasteiger charge is 2.09. The fourth-order valence-electron chi connectivity index (χ4n) is 1.68. The van der Waals surface area contributed by atoms with E-state index in [0.29, 0.717) is 24.6 Å². The number of hydrogen-bond acceptors (Lipinski definition) is 4. The average Bonchev–Trinajstić information content (AvgIpc) is 2.39. The molecule has 2 N–H and O–H groups in total. The number of nitrogens with two attached hydrogens (primary N) is 1. The summed E-state index contributed by atoms with van der Waals surface area (Å²) in [5, 5.41) is 7.94. The molecule has 0 unspecified atom stereocenters. The van der Waals surface area contributed by atoms with E-state index in [1.807, 2.05) is 11.9 Å². The lowest BCUT2D eigenvalue weighted by atomic mass is 10.1. The van der Waals surface area contributed by atoms with Crippen molar-refractivity contribution in [3.63, 3.8) is 0 Å². The quantitative estimate of drug-likeness (QED) is 0.915. The van der Waals surface area contributed by atoms with Crippen LogP contribution >= 0.6 is 0 Å². The van der Waals surface area contributed by atoms with E-state index in [-0.39, 0.29) is 5.56 Å². The Bertz CT molecular complexity index is 557. The molecule has 1 heterocycles. The SMILES string of the molecule is CN(CCN)c1ccc(-c2ccc(F)cc2F)nn1. The van der Waals surface area contributed by atoms with Gasteiger partial charge in [0.25, 0.3) is 0 Å². The van der Waals surface area contributed by atoms with E-state index in [2.05, 4.69) is 10.2 Å². The first-order chi connectivity index (χ1) is 9.11. The van der Waals surface area contributed by atoms with Gasteiger partial charge >= 0.3 is 0 Å². The van der Waals surface area contributed by atoms with Crippen LogP contribution in [0.5, 0.6) is 0 Å². The van der Waals surface area contributed by atoms with E-state index in [9.17, 15) is 8.78 Å². The first-order valence-corrected chi connectivity index (χ1v) is 5.82. The van der Waals surface area contributed by atoms with Crippen LogP contribution in [0.15, 0.2) is 30.3 Å². The number of likely N-dealkylation sites (N-methyl/N-ethyl adjacent to an activating group) is 1. The molecule has 0 aliphatic heterocycles. The lowest BCUT2D eigenvalue weighted by molar-refractivity contribution is 0.585. The van der Waals surface area contributed by atoms with Crippen LogP contribution in [0, 0.1) is 11.6 Å². The van der Waals surface area contributed by atoms with Gasteiger partial charge in [0.15, 0.2) is 5.82 Å². The van der Waals surface area contributed by atoms with E-state index in [4.69, 9.17) is 5.73 Å². The normalized spacial score (nSPS) is 10.5. The molecule has 2 aromatic rings. The van der Waals surface area contributed by atoms with E-state index in [1.165, 1.54) is 12.1 Å². The molecule has 4 nitrogen and oxygen atoms in total. The molecule has 19 heavy (non-hydrogen) atoms. The number of rotatable bonds is 4. The second kappa shape index (κ2) is 5.71. The van der Waals surface area contributed by atoms with Gasteiger partial charge in [0.05, 0.1) is 5.69 Å². The first-order valence-electron chi connectivity index (χ1n) is 5.82. The Labute approximate surface area is 109 Å². The van der Waals surface area contributed by atoms with Crippen LogP contribution in [0.25, 0.3) is 11.3 Å². The summed E-state index contributed by atoms with van der Waals surface area (Å²) in [6, 6.07) is 6.73. The van der Waals surface area contributed by atoms with Gasteiger partial charge in [-0.3, -0.25) is 0 Å². The summed E-state index contributed by atoms with van der Waals surface area (Å²) in [5.41, 5.74) is 6.03. The van der Waals surface area contributed by atoms with Crippen LogP contribution in [0.2, 0.25) is 0 Å². The monoisotopic (exact) mass is 264 g/mol. The van der Waals surface area contributed by atoms with Gasteiger partial charge in [0.2, 0.25) is 0 Å². The van der Waals surface area contributed by atoms with Crippen molar-refractivity contribution < 1.29 is 8.78 Å². The molecule has 0 saturated carbocycles. The molecule has 0 bridgehead atoms. The summed E-state index contributed by atoms with van der Waals surface area (Å²) in [5.74, 6) is -0.623. The molecule has 0 amide bonds. The van der Waals surface area contributed by atoms with Crippen LogP contribution in [0.4, 0.5) is 14.6 Å². The van der Waals surface area contributed by atoms with Gasteiger partial charge in [-0.25, -0.2) is 8.78 Å². The van der Waals surface area contributed by atoms with Crippen LogP contribution in [-0.2, 0) is 0 Å². The van der Waals surface area contributed by atoms with Gasteiger partial charge in [0, 0.05) is 31.8 Å². The zero-order chi connectivity index (χ0) is 13.8. The molecule has 1 aromatic heterocycles. The predicted molar refractivity (Wildman–Crippen MR) is 69.7 cm³/mol. The van der Waals surface area contributed by atoms with Crippen molar-refractivity contribution in [3.05, 3.63) is 42.0 Å². The van der Waals surface area contributed by atoms with Gasteiger partial charge in [-0.15, -0.1) is 10.2 Å². The Morgan fingerprint density at radius 3 is 2.53 bits per heavy atom. The van der Waals surface area contributed by atoms with Crippen molar-refractivity contribution in [2.75, 3.05) is 25.0 Å². The standard InChI is InChI=1S/C13H14F2N4/c1-19(7-6-16)13-5-4-12(17-18-13)10-3-2-9(14)8-11(10)15/h2-5,8H,6-7,16H2,1H3. The summed E-state index contributed by atoms with van der Waals surface area (Å²) < 4.78 is 26.4. The van der Waals surface area contributed by atoms with Gasteiger partial charge in [-0.05, 0) is 24.3 Å². The third-order valence-corrected chi connectivity index (χ3v) is 2.71. The topological polar surface area (TPSA) is 55.0 Å². The Morgan fingerprint density at radius 2 is 1.95 bits per heavy atom. The second-order valence-corrected chi connectivity index (χ2v) is 4.11. The summed E-state index contributed by atoms with van der Waals surface area (Å²) in [6.07, 6.45) is 0. The Hall–Kier alpha value is -2.08. The Balaban J connectivity index is 2.27. The highest BCUT2D eigenvalue weighted by atomic mass is 19.1. The molecule has 0 spiro atoms. The fraction of sp³-hybridized carbons (Fsp3) is 0.231. The number of halogens is 2. The maximum atomic E-state index is 13.6. The van der Waals surface area contributed by atoms with Gasteiger partial charge in [0.1, 0.15) is 11.6 Å². The minimum Gasteiger partial charge on any atom is -0.357 e. The summed E-state index contributed by atoms with van der Waals surface area (Å²) >= 11 is 0. The molecular formula is C13H14F2N4. The van der Waals surface area contributed by atoms with Crippen molar-refractivity contribution in [2.24, 2.45) is 5.73 Å². The molecule has 100 valence electrons. The maximum absolute atomic E-state index is 13.6. The summed E-state index contributed by atoms with van der Waals surface area (Å²) in [7, 11) is 1.84. The van der Waals surface area contributed by atoms with Crippen molar-refractivity contribution in [1.29, 1.82) is 0 Å². The molecule has 0 aliphatic rings. The predicted octanol–water partition coefficient (Wildman–Crippen LogP) is 1.82. The lowest BCUT2D eigenvalue weighted by Crippen LogP contribution is -2.25. The smallest absolute Gasteiger partial charge is 0.151 e. The molecule has 2 rings (SSSR count). The minimum absolute atomic E-state index is 0.224. The molecule has 1 aromatic carbocycles. The van der Waals surface area contributed by atoms with E-state index >= 15 is 0 Å². The molecule has 0 aliphatic carbocycles. The molecular weight excluding hydrogens is 250 g/mol. The van der Waals surface area contributed by atoms with Crippen LogP contribution in [0.3, 0.4) is 0 Å². The Morgan fingerprint density at radius 1 is 1.16 bits per heavy atom. The largest absolute Gasteiger partial charge is 0.357 e. The Kier molecular flexibility index (Phi) is 4.01. The van der Waals surface area contributed by atoms with Crippen molar-refractivity contribution in [1.82, 2.24) is 10.2 Å². The van der Waals surface area contributed by atoms with Crippen molar-refractivity contribution >= 4 is 5.82 Å². The highest BCUT2D eigenvalue weighted by Crippen LogP contribution is 2.22. The molecule has 0 saturated heterocycles. The number of aromatic nitrogens is 2. The highest BCUT2D eigenvalue weighted by molar-refractivity contribution is 5.60. The lowest BCUT2D eigenvalue weighted by Gasteiger charge is -2.16. The number of benzene rings is 1. The van der Waals surface area contributed by atoms with Crippen LogP contribution in [0.1, 0.15) is 0 Å². The third-order valence-electron chi connectivity index (χ3n) is 2.71. The molecule has 6 heteroatoms. The summed E-state index contributed by atoms with van der Waals surface area (Å²) in [6.45, 7) is 1.16. The number of hydrogen-bond donors (Lipinski definition) is 1. The van der Waals surface area contributed by atoms with Gasteiger partial charge in [-0.1, -0.05) is 0 Å². The van der Waals surface area contributed by atoms with E-state index in [0.717, 1.165) is 6.07 Å². The van der Waals surface area contributed by atoms with E-state index in [1.54, 1.807) is 12.1 Å². The molecule has 0 fully saturated rings. The van der Waals surface area contributed by atoms with Crippen molar-refractivity contribution in [3.8, 4) is 11.3 Å². The molecule has 0 atom stereocenters. The van der Waals surface area contributed by atoms with E-state index < -0.39 is 11.6 Å². The fourth-order valence-corrected chi connectivity index (χ4v) is 1.68. The van der Waals surface area contributed by atoms with Crippen LogP contribution in [-0.4, -0.2) is 30.3 Å². The number of anilines is 1.